The molecule has 9 nitrogen and oxygen atoms in total. The van der Waals surface area contributed by atoms with E-state index >= 15 is 0 Å². The Morgan fingerprint density at radius 2 is 2.12 bits per heavy atom. The Kier molecular flexibility index (Phi) is 5.44. The second kappa shape index (κ2) is 8.40. The van der Waals surface area contributed by atoms with Gasteiger partial charge in [-0.25, -0.2) is 9.98 Å². The summed E-state index contributed by atoms with van der Waals surface area (Å²) in [4.78, 5) is 13.4. The molecule has 1 aromatic heterocycles. The van der Waals surface area contributed by atoms with Gasteiger partial charge in [0.2, 0.25) is 0 Å². The van der Waals surface area contributed by atoms with E-state index < -0.39 is 0 Å². The SMILES string of the molecule is CC1(Oc2ccc(N)c(C(=N)C3=CC(N4CCN(Cc5cocn5)CC4)NC=N3)c2)CC1. The highest BCUT2D eigenvalue weighted by atomic mass is 16.5. The van der Waals surface area contributed by atoms with Crippen LogP contribution in [0, 0.1) is 5.41 Å². The average Bonchev–Trinajstić information content (AvgIpc) is 3.30. The second-order valence-corrected chi connectivity index (χ2v) is 8.89. The molecule has 3 aliphatic rings. The molecule has 1 saturated heterocycles. The lowest BCUT2D eigenvalue weighted by Crippen LogP contribution is -2.54. The first-order valence-electron chi connectivity index (χ1n) is 11.0. The summed E-state index contributed by atoms with van der Waals surface area (Å²) in [6.45, 7) is 6.59. The van der Waals surface area contributed by atoms with Crippen LogP contribution in [0.2, 0.25) is 0 Å². The summed E-state index contributed by atoms with van der Waals surface area (Å²) >= 11 is 0. The normalized spacial score (nSPS) is 22.8. The predicted molar refractivity (Wildman–Crippen MR) is 123 cm³/mol. The molecule has 0 spiro atoms. The molecule has 0 radical (unpaired) electrons. The van der Waals surface area contributed by atoms with Crippen LogP contribution in [0.1, 0.15) is 31.0 Å². The molecule has 2 aliphatic heterocycles. The van der Waals surface area contributed by atoms with Crippen LogP contribution >= 0.6 is 0 Å². The number of aliphatic imine (C=N–C) groups is 1. The highest BCUT2D eigenvalue weighted by Gasteiger charge is 2.40. The van der Waals surface area contributed by atoms with Gasteiger partial charge in [-0.05, 0) is 44.0 Å². The molecule has 5 rings (SSSR count). The number of nitrogens with two attached hydrogens (primary N) is 1. The summed E-state index contributed by atoms with van der Waals surface area (Å²) in [6.07, 6.45) is 8.95. The number of oxazole rings is 1. The van der Waals surface area contributed by atoms with Crippen LogP contribution < -0.4 is 15.8 Å². The maximum absolute atomic E-state index is 8.77. The molecule has 1 atom stereocenters. The number of anilines is 1. The molecule has 168 valence electrons. The van der Waals surface area contributed by atoms with E-state index in [0.717, 1.165) is 57.0 Å². The zero-order valence-corrected chi connectivity index (χ0v) is 18.3. The van der Waals surface area contributed by atoms with E-state index in [0.29, 0.717) is 22.7 Å². The Morgan fingerprint density at radius 3 is 2.84 bits per heavy atom. The van der Waals surface area contributed by atoms with E-state index in [1.54, 1.807) is 12.6 Å². The Bertz CT molecular complexity index is 1030. The van der Waals surface area contributed by atoms with E-state index in [1.807, 2.05) is 24.3 Å². The monoisotopic (exact) mass is 435 g/mol. The summed E-state index contributed by atoms with van der Waals surface area (Å²) in [6, 6.07) is 5.54. The topological polar surface area (TPSA) is 116 Å². The third-order valence-electron chi connectivity index (χ3n) is 6.30. The molecule has 3 heterocycles. The molecule has 0 bridgehead atoms. The number of benzene rings is 1. The van der Waals surface area contributed by atoms with Gasteiger partial charge in [0, 0.05) is 44.0 Å². The molecule has 1 unspecified atom stereocenters. The minimum atomic E-state index is -0.0807. The Labute approximate surface area is 187 Å². The average molecular weight is 436 g/mol. The van der Waals surface area contributed by atoms with Crippen molar-refractivity contribution in [1.82, 2.24) is 20.1 Å². The van der Waals surface area contributed by atoms with Crippen molar-refractivity contribution in [3.8, 4) is 5.75 Å². The van der Waals surface area contributed by atoms with Gasteiger partial charge in [0.05, 0.1) is 23.4 Å². The van der Waals surface area contributed by atoms with Crippen LogP contribution in [0.3, 0.4) is 0 Å². The quantitative estimate of drug-likeness (QED) is 0.451. The highest BCUT2D eigenvalue weighted by molar-refractivity contribution is 6.14. The Hall–Kier alpha value is -3.17. The number of rotatable bonds is 7. The molecule has 2 aromatic rings. The number of ether oxygens (including phenoxy) is 1. The lowest BCUT2D eigenvalue weighted by atomic mass is 10.0. The zero-order valence-electron chi connectivity index (χ0n) is 18.3. The number of piperazine rings is 1. The minimum Gasteiger partial charge on any atom is -0.488 e. The van der Waals surface area contributed by atoms with Gasteiger partial charge in [0.15, 0.2) is 6.39 Å². The van der Waals surface area contributed by atoms with E-state index in [-0.39, 0.29) is 11.8 Å². The summed E-state index contributed by atoms with van der Waals surface area (Å²) in [5.41, 5.74) is 9.20. The molecule has 1 aliphatic carbocycles. The highest BCUT2D eigenvalue weighted by Crippen LogP contribution is 2.40. The van der Waals surface area contributed by atoms with Gasteiger partial charge in [-0.1, -0.05) is 0 Å². The maximum Gasteiger partial charge on any atom is 0.180 e. The molecule has 0 amide bonds. The number of hydrogen-bond donors (Lipinski definition) is 3. The molecular formula is C23H29N7O2. The third-order valence-corrected chi connectivity index (χ3v) is 6.30. The van der Waals surface area contributed by atoms with Crippen molar-refractivity contribution in [2.75, 3.05) is 31.9 Å². The van der Waals surface area contributed by atoms with Crippen LogP contribution in [0.4, 0.5) is 5.69 Å². The van der Waals surface area contributed by atoms with Gasteiger partial charge in [0.25, 0.3) is 0 Å². The van der Waals surface area contributed by atoms with Gasteiger partial charge in [-0.15, -0.1) is 0 Å². The van der Waals surface area contributed by atoms with Crippen molar-refractivity contribution in [3.05, 3.63) is 53.9 Å². The first kappa shape index (κ1) is 20.7. The van der Waals surface area contributed by atoms with Crippen molar-refractivity contribution in [3.63, 3.8) is 0 Å². The zero-order chi connectivity index (χ0) is 22.1. The lowest BCUT2D eigenvalue weighted by Gasteiger charge is -2.38. The summed E-state index contributed by atoms with van der Waals surface area (Å²) in [5.74, 6) is 0.747. The fraction of sp³-hybridized carbons (Fsp3) is 0.435. The van der Waals surface area contributed by atoms with Crippen molar-refractivity contribution >= 4 is 17.7 Å². The van der Waals surface area contributed by atoms with Crippen molar-refractivity contribution < 1.29 is 9.15 Å². The molecule has 1 aromatic carbocycles. The molecule has 1 saturated carbocycles. The maximum atomic E-state index is 8.77. The number of nitrogens with one attached hydrogen (secondary N) is 2. The molecule has 9 heteroatoms. The number of nitrogens with zero attached hydrogens (tertiary/aromatic N) is 4. The van der Waals surface area contributed by atoms with Crippen LogP contribution in [-0.2, 0) is 6.54 Å². The number of aromatic nitrogens is 1. The predicted octanol–water partition coefficient (Wildman–Crippen LogP) is 2.22. The van der Waals surface area contributed by atoms with E-state index in [1.165, 1.54) is 6.39 Å². The molecular weight excluding hydrogens is 406 g/mol. The van der Waals surface area contributed by atoms with Gasteiger partial charge in [-0.2, -0.15) is 0 Å². The second-order valence-electron chi connectivity index (χ2n) is 8.89. The number of nitrogen functional groups attached to an aromatic ring is 1. The largest absolute Gasteiger partial charge is 0.488 e. The Balaban J connectivity index is 1.24. The van der Waals surface area contributed by atoms with Gasteiger partial charge in [-0.3, -0.25) is 15.2 Å². The van der Waals surface area contributed by atoms with Crippen LogP contribution in [0.25, 0.3) is 0 Å². The summed E-state index contributed by atoms with van der Waals surface area (Å²) < 4.78 is 11.1. The van der Waals surface area contributed by atoms with Gasteiger partial charge >= 0.3 is 0 Å². The van der Waals surface area contributed by atoms with Gasteiger partial charge in [0.1, 0.15) is 23.8 Å². The molecule has 32 heavy (non-hydrogen) atoms. The van der Waals surface area contributed by atoms with Gasteiger partial charge < -0.3 is 20.2 Å². The molecule has 4 N–H and O–H groups in total. The standard InChI is InChI=1S/C23H29N7O2/c1-23(4-5-23)32-17-2-3-19(24)18(10-17)22(25)20-11-21(27-14-26-20)30-8-6-29(7-9-30)12-16-13-31-15-28-16/h2-3,10-11,13-15,21,25H,4-9,12,24H2,1H3,(H,26,27). The van der Waals surface area contributed by atoms with Crippen LogP contribution in [-0.4, -0.2) is 64.8 Å². The first-order valence-corrected chi connectivity index (χ1v) is 11.0. The fourth-order valence-corrected chi connectivity index (χ4v) is 4.04. The smallest absolute Gasteiger partial charge is 0.180 e. The van der Waals surface area contributed by atoms with E-state index in [2.05, 4.69) is 32.0 Å². The summed E-state index contributed by atoms with van der Waals surface area (Å²) in [7, 11) is 0. The molecule has 2 fully saturated rings. The van der Waals surface area contributed by atoms with Crippen molar-refractivity contribution in [2.45, 2.75) is 38.1 Å². The Morgan fingerprint density at radius 1 is 1.31 bits per heavy atom. The number of allylic oxidation sites excluding steroid dienone is 1. The van der Waals surface area contributed by atoms with Crippen molar-refractivity contribution in [1.29, 1.82) is 5.41 Å². The van der Waals surface area contributed by atoms with E-state index in [9.17, 15) is 0 Å². The lowest BCUT2D eigenvalue weighted by molar-refractivity contribution is 0.101. The fourth-order valence-electron chi connectivity index (χ4n) is 4.04. The van der Waals surface area contributed by atoms with E-state index in [4.69, 9.17) is 20.3 Å². The summed E-state index contributed by atoms with van der Waals surface area (Å²) in [5, 5.41) is 12.1. The van der Waals surface area contributed by atoms with Crippen molar-refractivity contribution in [2.24, 2.45) is 4.99 Å². The van der Waals surface area contributed by atoms with Crippen LogP contribution in [0.5, 0.6) is 5.75 Å². The third kappa shape index (κ3) is 4.53. The number of hydrogen-bond acceptors (Lipinski definition) is 9. The van der Waals surface area contributed by atoms with Crippen LogP contribution in [0.15, 0.2) is 52.0 Å². The minimum absolute atomic E-state index is 0.0110. The first-order chi connectivity index (χ1) is 15.5.